The minimum absolute atomic E-state index is 0.225. The van der Waals surface area contributed by atoms with Crippen molar-refractivity contribution < 1.29 is 9.90 Å². The molecule has 0 aliphatic rings. The molecule has 20 heavy (non-hydrogen) atoms. The first-order chi connectivity index (χ1) is 9.81. The molecule has 2 rings (SSSR count). The van der Waals surface area contributed by atoms with Crippen LogP contribution < -0.4 is 5.32 Å². The number of nitrogens with zero attached hydrogens (tertiary/aromatic N) is 3. The molecular weight excluding hydrogens is 256 g/mol. The average molecular weight is 268 g/mol. The van der Waals surface area contributed by atoms with Crippen molar-refractivity contribution in [1.82, 2.24) is 20.3 Å². The van der Waals surface area contributed by atoms with Gasteiger partial charge < -0.3 is 10.4 Å². The van der Waals surface area contributed by atoms with Crippen molar-refractivity contribution in [1.29, 1.82) is 0 Å². The first-order valence-electron chi connectivity index (χ1n) is 5.89. The lowest BCUT2D eigenvalue weighted by atomic mass is 10.2. The van der Waals surface area contributed by atoms with Crippen molar-refractivity contribution >= 4 is 5.91 Å². The Hall–Kier alpha value is -2.78. The monoisotopic (exact) mass is 268 g/mol. The van der Waals surface area contributed by atoms with Crippen LogP contribution in [0.1, 0.15) is 21.7 Å². The van der Waals surface area contributed by atoms with E-state index in [0.717, 1.165) is 0 Å². The van der Waals surface area contributed by atoms with Gasteiger partial charge in [0.2, 0.25) is 0 Å². The van der Waals surface area contributed by atoms with Gasteiger partial charge in [0.1, 0.15) is 18.6 Å². The zero-order chi connectivity index (χ0) is 14.2. The van der Waals surface area contributed by atoms with E-state index < -0.39 is 0 Å². The Labute approximate surface area is 115 Å². The minimum atomic E-state index is -0.341. The average Bonchev–Trinajstić information content (AvgIpc) is 2.52. The number of amides is 1. The molecule has 100 valence electrons. The molecule has 0 unspecified atom stereocenters. The molecule has 0 spiro atoms. The highest BCUT2D eigenvalue weighted by molar-refractivity contribution is 5.94. The second kappa shape index (κ2) is 6.97. The number of aliphatic hydroxyl groups is 1. The van der Waals surface area contributed by atoms with Gasteiger partial charge in [-0.2, -0.15) is 0 Å². The van der Waals surface area contributed by atoms with Crippen LogP contribution in [0.4, 0.5) is 0 Å². The SMILES string of the molecule is O=C(NCc1ccncn1)c1ncccc1C#CCO. The molecule has 2 N–H and O–H groups in total. The second-order valence-corrected chi connectivity index (χ2v) is 3.74. The van der Waals surface area contributed by atoms with E-state index in [4.69, 9.17) is 5.11 Å². The first kappa shape index (κ1) is 13.6. The van der Waals surface area contributed by atoms with Crippen molar-refractivity contribution in [2.45, 2.75) is 6.54 Å². The predicted octanol–water partition coefficient (Wildman–Crippen LogP) is 0.145. The summed E-state index contributed by atoms with van der Waals surface area (Å²) in [7, 11) is 0. The quantitative estimate of drug-likeness (QED) is 0.773. The van der Waals surface area contributed by atoms with E-state index in [0.29, 0.717) is 11.3 Å². The van der Waals surface area contributed by atoms with E-state index >= 15 is 0 Å². The van der Waals surface area contributed by atoms with Crippen LogP contribution >= 0.6 is 0 Å². The molecule has 1 amide bonds. The Kier molecular flexibility index (Phi) is 4.76. The fourth-order valence-electron chi connectivity index (χ4n) is 1.50. The van der Waals surface area contributed by atoms with Gasteiger partial charge >= 0.3 is 0 Å². The van der Waals surface area contributed by atoms with Crippen molar-refractivity contribution in [3.63, 3.8) is 0 Å². The van der Waals surface area contributed by atoms with Crippen LogP contribution in [-0.4, -0.2) is 32.6 Å². The highest BCUT2D eigenvalue weighted by atomic mass is 16.2. The van der Waals surface area contributed by atoms with E-state index in [2.05, 4.69) is 32.1 Å². The summed E-state index contributed by atoms with van der Waals surface area (Å²) in [4.78, 5) is 23.9. The van der Waals surface area contributed by atoms with Crippen molar-refractivity contribution in [3.8, 4) is 11.8 Å². The zero-order valence-corrected chi connectivity index (χ0v) is 10.6. The molecule has 0 aliphatic carbocycles. The van der Waals surface area contributed by atoms with Gasteiger partial charge in [-0.1, -0.05) is 11.8 Å². The highest BCUT2D eigenvalue weighted by Gasteiger charge is 2.11. The van der Waals surface area contributed by atoms with Gasteiger partial charge in [0.05, 0.1) is 17.8 Å². The number of carbonyl (C=O) groups is 1. The van der Waals surface area contributed by atoms with Crippen molar-refractivity contribution in [2.24, 2.45) is 0 Å². The van der Waals surface area contributed by atoms with E-state index in [1.165, 1.54) is 12.5 Å². The lowest BCUT2D eigenvalue weighted by molar-refractivity contribution is 0.0945. The van der Waals surface area contributed by atoms with E-state index in [-0.39, 0.29) is 24.8 Å². The second-order valence-electron chi connectivity index (χ2n) is 3.74. The number of carbonyl (C=O) groups excluding carboxylic acids is 1. The fraction of sp³-hybridized carbons (Fsp3) is 0.143. The lowest BCUT2D eigenvalue weighted by Crippen LogP contribution is -2.25. The topological polar surface area (TPSA) is 88.0 Å². The summed E-state index contributed by atoms with van der Waals surface area (Å²) in [6.45, 7) is 0.0156. The van der Waals surface area contributed by atoms with E-state index in [9.17, 15) is 4.79 Å². The smallest absolute Gasteiger partial charge is 0.271 e. The molecule has 0 saturated carbocycles. The number of nitrogens with one attached hydrogen (secondary N) is 1. The molecule has 0 atom stereocenters. The van der Waals surface area contributed by atoms with Gasteiger partial charge in [-0.05, 0) is 18.2 Å². The van der Waals surface area contributed by atoms with Crippen LogP contribution in [0.25, 0.3) is 0 Å². The Morgan fingerprint density at radius 2 is 2.20 bits per heavy atom. The number of hydrogen-bond donors (Lipinski definition) is 2. The van der Waals surface area contributed by atoms with Gasteiger partial charge in [0.25, 0.3) is 5.91 Å². The fourth-order valence-corrected chi connectivity index (χ4v) is 1.50. The Morgan fingerprint density at radius 1 is 1.30 bits per heavy atom. The maximum absolute atomic E-state index is 12.1. The summed E-state index contributed by atoms with van der Waals surface area (Å²) in [6, 6.07) is 5.07. The van der Waals surface area contributed by atoms with Crippen LogP contribution in [0, 0.1) is 11.8 Å². The van der Waals surface area contributed by atoms with Crippen molar-refractivity contribution in [2.75, 3.05) is 6.61 Å². The molecule has 0 radical (unpaired) electrons. The predicted molar refractivity (Wildman–Crippen MR) is 71.4 cm³/mol. The van der Waals surface area contributed by atoms with Crippen LogP contribution in [0.15, 0.2) is 36.9 Å². The normalized spacial score (nSPS) is 9.45. The summed E-state index contributed by atoms with van der Waals surface area (Å²) >= 11 is 0. The van der Waals surface area contributed by atoms with Gasteiger partial charge in [0.15, 0.2) is 0 Å². The summed E-state index contributed by atoms with van der Waals surface area (Å²) < 4.78 is 0. The Morgan fingerprint density at radius 3 is 2.95 bits per heavy atom. The summed E-state index contributed by atoms with van der Waals surface area (Å²) in [5, 5.41) is 11.4. The maximum atomic E-state index is 12.1. The molecule has 0 aliphatic heterocycles. The lowest BCUT2D eigenvalue weighted by Gasteiger charge is -2.05. The molecule has 2 heterocycles. The Bertz CT molecular complexity index is 647. The number of hydrogen-bond acceptors (Lipinski definition) is 5. The van der Waals surface area contributed by atoms with Gasteiger partial charge in [-0.25, -0.2) is 15.0 Å². The van der Waals surface area contributed by atoms with Crippen LogP contribution in [0.5, 0.6) is 0 Å². The number of aliphatic hydroxyl groups excluding tert-OH is 1. The van der Waals surface area contributed by atoms with Gasteiger partial charge in [-0.3, -0.25) is 4.79 Å². The molecule has 0 bridgehead atoms. The molecular formula is C14H12N4O2. The highest BCUT2D eigenvalue weighted by Crippen LogP contribution is 2.04. The molecule has 2 aromatic rings. The largest absolute Gasteiger partial charge is 0.384 e. The molecule has 6 heteroatoms. The molecule has 0 aromatic carbocycles. The Balaban J connectivity index is 2.09. The molecule has 6 nitrogen and oxygen atoms in total. The molecule has 0 fully saturated rings. The van der Waals surface area contributed by atoms with Gasteiger partial charge in [-0.15, -0.1) is 0 Å². The van der Waals surface area contributed by atoms with Gasteiger partial charge in [0, 0.05) is 12.4 Å². The molecule has 2 aromatic heterocycles. The summed E-state index contributed by atoms with van der Waals surface area (Å²) in [6.07, 6.45) is 4.54. The minimum Gasteiger partial charge on any atom is -0.384 e. The van der Waals surface area contributed by atoms with Crippen LogP contribution in [-0.2, 0) is 6.54 Å². The summed E-state index contributed by atoms with van der Waals surface area (Å²) in [5.74, 6) is 4.85. The van der Waals surface area contributed by atoms with Crippen LogP contribution in [0.2, 0.25) is 0 Å². The number of aromatic nitrogens is 3. The third-order valence-electron chi connectivity index (χ3n) is 2.40. The van der Waals surface area contributed by atoms with Crippen LogP contribution in [0.3, 0.4) is 0 Å². The van der Waals surface area contributed by atoms with Crippen molar-refractivity contribution in [3.05, 3.63) is 53.9 Å². The summed E-state index contributed by atoms with van der Waals surface area (Å²) in [5.41, 5.74) is 1.40. The van der Waals surface area contributed by atoms with E-state index in [1.54, 1.807) is 24.4 Å². The zero-order valence-electron chi connectivity index (χ0n) is 10.6. The third-order valence-corrected chi connectivity index (χ3v) is 2.40. The molecule has 0 saturated heterocycles. The number of rotatable bonds is 3. The maximum Gasteiger partial charge on any atom is 0.271 e. The third kappa shape index (κ3) is 3.60. The first-order valence-corrected chi connectivity index (χ1v) is 5.89. The number of pyridine rings is 1. The standard InChI is InChI=1S/C14H12N4O2/c19-8-2-4-11-3-1-6-16-13(11)14(20)17-9-12-5-7-15-10-18-12/h1,3,5-7,10,19H,8-9H2,(H,17,20). The van der Waals surface area contributed by atoms with E-state index in [1.807, 2.05) is 0 Å².